The maximum atomic E-state index is 12.4. The molecule has 0 saturated carbocycles. The number of carbonyl (C=O) groups excluding carboxylic acids is 1. The van der Waals surface area contributed by atoms with Crippen LogP contribution in [0.3, 0.4) is 0 Å². The van der Waals surface area contributed by atoms with Crippen LogP contribution in [-0.4, -0.2) is 13.5 Å². The van der Waals surface area contributed by atoms with E-state index in [1.165, 1.54) is 12.1 Å². The predicted molar refractivity (Wildman–Crippen MR) is 47.4 cm³/mol. The third kappa shape index (κ3) is 5.81. The average molecular weight is 185 g/mol. The second kappa shape index (κ2) is 7.24. The maximum Gasteiger partial charge on any atom is 0.204 e. The molecule has 2 N–H and O–H groups in total. The Hall–Kier alpha value is -1.42. The monoisotopic (exact) mass is 185 g/mol. The molecule has 0 aliphatic heterocycles. The van der Waals surface area contributed by atoms with Crippen molar-refractivity contribution in [1.29, 1.82) is 0 Å². The third-order valence-corrected chi connectivity index (χ3v) is 1.20. The van der Waals surface area contributed by atoms with E-state index in [1.54, 1.807) is 13.2 Å². The molecule has 0 aliphatic carbocycles. The van der Waals surface area contributed by atoms with Gasteiger partial charge in [0.2, 0.25) is 6.41 Å². The highest BCUT2D eigenvalue weighted by Crippen LogP contribution is 2.03. The van der Waals surface area contributed by atoms with E-state index in [1.807, 2.05) is 6.07 Å². The summed E-state index contributed by atoms with van der Waals surface area (Å²) >= 11 is 0. The SMILES string of the molecule is COCc1cccc(F)c1.NC=O. The predicted octanol–water partition coefficient (Wildman–Crippen LogP) is 1.07. The molecule has 3 nitrogen and oxygen atoms in total. The van der Waals surface area contributed by atoms with Gasteiger partial charge >= 0.3 is 0 Å². The summed E-state index contributed by atoms with van der Waals surface area (Å²) in [6.07, 6.45) is 0.250. The first-order chi connectivity index (χ1) is 6.24. The van der Waals surface area contributed by atoms with Gasteiger partial charge in [0.05, 0.1) is 6.61 Å². The van der Waals surface area contributed by atoms with Gasteiger partial charge in [-0.3, -0.25) is 4.79 Å². The van der Waals surface area contributed by atoms with Gasteiger partial charge in [0.1, 0.15) is 5.82 Å². The van der Waals surface area contributed by atoms with Crippen LogP contribution >= 0.6 is 0 Å². The average Bonchev–Trinajstić information content (AvgIpc) is 2.06. The lowest BCUT2D eigenvalue weighted by Gasteiger charge is -1.97. The van der Waals surface area contributed by atoms with Gasteiger partial charge in [0, 0.05) is 7.11 Å². The van der Waals surface area contributed by atoms with Crippen LogP contribution in [0.5, 0.6) is 0 Å². The number of carbonyl (C=O) groups is 1. The smallest absolute Gasteiger partial charge is 0.204 e. The van der Waals surface area contributed by atoms with Crippen LogP contribution in [0, 0.1) is 5.82 Å². The van der Waals surface area contributed by atoms with Gasteiger partial charge in [0.25, 0.3) is 0 Å². The van der Waals surface area contributed by atoms with Crippen molar-refractivity contribution in [3.05, 3.63) is 35.6 Å². The zero-order valence-electron chi connectivity index (χ0n) is 7.37. The standard InChI is InChI=1S/C8H9FO.CH3NO/c1-10-6-7-3-2-4-8(9)5-7;2-1-3/h2-5H,6H2,1H3;1H,(H2,2,3). The van der Waals surface area contributed by atoms with E-state index in [-0.39, 0.29) is 12.2 Å². The van der Waals surface area contributed by atoms with Crippen molar-refractivity contribution in [1.82, 2.24) is 0 Å². The molecule has 13 heavy (non-hydrogen) atoms. The highest BCUT2D eigenvalue weighted by Gasteiger charge is 1.91. The van der Waals surface area contributed by atoms with E-state index >= 15 is 0 Å². The Morgan fingerprint density at radius 3 is 2.69 bits per heavy atom. The molecule has 0 radical (unpaired) electrons. The molecule has 0 atom stereocenters. The van der Waals surface area contributed by atoms with E-state index in [0.29, 0.717) is 6.61 Å². The summed E-state index contributed by atoms with van der Waals surface area (Å²) < 4.78 is 17.3. The molecule has 0 bridgehead atoms. The van der Waals surface area contributed by atoms with Gasteiger partial charge in [-0.25, -0.2) is 4.39 Å². The highest BCUT2D eigenvalue weighted by molar-refractivity contribution is 5.42. The lowest BCUT2D eigenvalue weighted by atomic mass is 10.2. The minimum Gasteiger partial charge on any atom is -0.380 e. The van der Waals surface area contributed by atoms with Crippen molar-refractivity contribution in [3.63, 3.8) is 0 Å². The number of amides is 1. The first kappa shape index (κ1) is 11.6. The van der Waals surface area contributed by atoms with Crippen LogP contribution in [0.4, 0.5) is 4.39 Å². The van der Waals surface area contributed by atoms with Crippen molar-refractivity contribution in [3.8, 4) is 0 Å². The molecule has 0 unspecified atom stereocenters. The minimum atomic E-state index is -0.213. The summed E-state index contributed by atoms with van der Waals surface area (Å²) in [5.41, 5.74) is 5.03. The number of benzene rings is 1. The Morgan fingerprint density at radius 1 is 1.62 bits per heavy atom. The summed E-state index contributed by atoms with van der Waals surface area (Å²) in [5, 5.41) is 0. The Labute approximate surface area is 76.3 Å². The molecule has 1 aromatic carbocycles. The zero-order valence-corrected chi connectivity index (χ0v) is 7.37. The number of hydrogen-bond donors (Lipinski definition) is 1. The second-order valence-corrected chi connectivity index (χ2v) is 2.20. The molecule has 72 valence electrons. The molecule has 0 aliphatic rings. The summed E-state index contributed by atoms with van der Waals surface area (Å²) in [5.74, 6) is -0.213. The van der Waals surface area contributed by atoms with Crippen LogP contribution in [0.25, 0.3) is 0 Å². The number of methoxy groups -OCH3 is 1. The fourth-order valence-corrected chi connectivity index (χ4v) is 0.793. The zero-order chi connectivity index (χ0) is 10.1. The number of hydrogen-bond acceptors (Lipinski definition) is 2. The highest BCUT2D eigenvalue weighted by atomic mass is 19.1. The van der Waals surface area contributed by atoms with Gasteiger partial charge in [0.15, 0.2) is 0 Å². The maximum absolute atomic E-state index is 12.4. The molecule has 1 aromatic rings. The Kier molecular flexibility index (Phi) is 6.45. The molecule has 0 fully saturated rings. The molecular weight excluding hydrogens is 173 g/mol. The van der Waals surface area contributed by atoms with Crippen molar-refractivity contribution in [2.24, 2.45) is 5.73 Å². The molecule has 4 heteroatoms. The molecule has 0 saturated heterocycles. The molecule has 0 heterocycles. The normalized spacial score (nSPS) is 8.46. The second-order valence-electron chi connectivity index (χ2n) is 2.20. The number of primary amides is 1. The van der Waals surface area contributed by atoms with Crippen molar-refractivity contribution in [2.75, 3.05) is 7.11 Å². The van der Waals surface area contributed by atoms with Gasteiger partial charge < -0.3 is 10.5 Å². The Bertz CT molecular complexity index is 253. The largest absolute Gasteiger partial charge is 0.380 e. The summed E-state index contributed by atoms with van der Waals surface area (Å²) in [7, 11) is 1.59. The Balaban J connectivity index is 0.000000424. The molecule has 0 aromatic heterocycles. The van der Waals surface area contributed by atoms with Crippen LogP contribution in [0.15, 0.2) is 24.3 Å². The first-order valence-corrected chi connectivity index (χ1v) is 3.63. The lowest BCUT2D eigenvalue weighted by molar-refractivity contribution is -0.106. The van der Waals surface area contributed by atoms with Gasteiger partial charge in [-0.05, 0) is 17.7 Å². The number of nitrogens with two attached hydrogens (primary N) is 1. The van der Waals surface area contributed by atoms with E-state index < -0.39 is 0 Å². The van der Waals surface area contributed by atoms with Crippen molar-refractivity contribution < 1.29 is 13.9 Å². The van der Waals surface area contributed by atoms with Crippen LogP contribution in [-0.2, 0) is 16.1 Å². The van der Waals surface area contributed by atoms with E-state index in [9.17, 15) is 4.39 Å². The van der Waals surface area contributed by atoms with Gasteiger partial charge in [-0.2, -0.15) is 0 Å². The topological polar surface area (TPSA) is 52.3 Å². The quantitative estimate of drug-likeness (QED) is 0.701. The van der Waals surface area contributed by atoms with E-state index in [4.69, 9.17) is 9.53 Å². The first-order valence-electron chi connectivity index (χ1n) is 3.63. The number of ether oxygens (including phenoxy) is 1. The number of halogens is 1. The van der Waals surface area contributed by atoms with Gasteiger partial charge in [-0.15, -0.1) is 0 Å². The van der Waals surface area contributed by atoms with Crippen LogP contribution in [0.2, 0.25) is 0 Å². The van der Waals surface area contributed by atoms with Crippen molar-refractivity contribution in [2.45, 2.75) is 6.61 Å². The minimum absolute atomic E-state index is 0.213. The molecular formula is C9H12FNO2. The fraction of sp³-hybridized carbons (Fsp3) is 0.222. The fourth-order valence-electron chi connectivity index (χ4n) is 0.793. The third-order valence-electron chi connectivity index (χ3n) is 1.20. The number of rotatable bonds is 2. The van der Waals surface area contributed by atoms with E-state index in [0.717, 1.165) is 5.56 Å². The van der Waals surface area contributed by atoms with Crippen LogP contribution in [0.1, 0.15) is 5.56 Å². The van der Waals surface area contributed by atoms with Crippen molar-refractivity contribution >= 4 is 6.41 Å². The van der Waals surface area contributed by atoms with Crippen LogP contribution < -0.4 is 5.73 Å². The Morgan fingerprint density at radius 2 is 2.23 bits per heavy atom. The summed E-state index contributed by atoms with van der Waals surface area (Å²) in [6.45, 7) is 0.470. The molecule has 0 spiro atoms. The lowest BCUT2D eigenvalue weighted by Crippen LogP contribution is -1.86. The molecule has 1 rings (SSSR count). The van der Waals surface area contributed by atoms with Gasteiger partial charge in [-0.1, -0.05) is 12.1 Å². The summed E-state index contributed by atoms with van der Waals surface area (Å²) in [6, 6.07) is 6.37. The molecule has 1 amide bonds. The van der Waals surface area contributed by atoms with E-state index in [2.05, 4.69) is 5.73 Å². The summed E-state index contributed by atoms with van der Waals surface area (Å²) in [4.78, 5) is 8.58.